The van der Waals surface area contributed by atoms with Gasteiger partial charge in [-0.15, -0.1) is 0 Å². The maximum atomic E-state index is 12.1. The summed E-state index contributed by atoms with van der Waals surface area (Å²) < 4.78 is 10.4. The fraction of sp³-hybridized carbons (Fsp3) is 0.440. The average molecular weight is 484 g/mol. The fourth-order valence-electron chi connectivity index (χ4n) is 3.63. The van der Waals surface area contributed by atoms with E-state index in [1.165, 1.54) is 0 Å². The zero-order valence-corrected chi connectivity index (χ0v) is 20.7. The third-order valence-corrected chi connectivity index (χ3v) is 5.39. The molecule has 0 radical (unpaired) electrons. The zero-order valence-electron chi connectivity index (χ0n) is 20.7. The highest BCUT2D eigenvalue weighted by molar-refractivity contribution is 5.75. The van der Waals surface area contributed by atoms with Gasteiger partial charge in [0.1, 0.15) is 11.4 Å². The van der Waals surface area contributed by atoms with Crippen molar-refractivity contribution in [2.75, 3.05) is 31.1 Å². The van der Waals surface area contributed by atoms with Crippen molar-refractivity contribution in [3.63, 3.8) is 0 Å². The van der Waals surface area contributed by atoms with Crippen LogP contribution in [-0.4, -0.2) is 59.8 Å². The highest BCUT2D eigenvalue weighted by Crippen LogP contribution is 2.21. The Morgan fingerprint density at radius 2 is 1.63 bits per heavy atom. The Bertz CT molecular complexity index is 1030. The molecule has 10 heteroatoms. The predicted octanol–water partition coefficient (Wildman–Crippen LogP) is 3.06. The number of pyridine rings is 1. The monoisotopic (exact) mass is 483 g/mol. The van der Waals surface area contributed by atoms with Gasteiger partial charge in [-0.05, 0) is 57.4 Å². The highest BCUT2D eigenvalue weighted by atomic mass is 16.6. The van der Waals surface area contributed by atoms with Gasteiger partial charge in [-0.1, -0.05) is 18.2 Å². The van der Waals surface area contributed by atoms with Crippen LogP contribution in [0.15, 0.2) is 42.6 Å². The fourth-order valence-corrected chi connectivity index (χ4v) is 3.63. The minimum absolute atomic E-state index is 0.110. The molecule has 188 valence electrons. The first kappa shape index (κ1) is 25.8. The number of hydrogen-bond acceptors (Lipinski definition) is 7. The second-order valence-corrected chi connectivity index (χ2v) is 9.25. The maximum Gasteiger partial charge on any atom is 0.431 e. The summed E-state index contributed by atoms with van der Waals surface area (Å²) in [6.07, 6.45) is 1.54. The number of hydrogen-bond donors (Lipinski definition) is 2. The molecule has 2 N–H and O–H groups in total. The molecule has 0 atom stereocenters. The molecule has 2 heterocycles. The number of nitrogens with zero attached hydrogens (tertiary/aromatic N) is 3. The second kappa shape index (κ2) is 11.5. The van der Waals surface area contributed by atoms with Crippen LogP contribution in [0.1, 0.15) is 39.0 Å². The van der Waals surface area contributed by atoms with Gasteiger partial charge in [-0.25, -0.2) is 20.4 Å². The van der Waals surface area contributed by atoms with Crippen LogP contribution >= 0.6 is 0 Å². The van der Waals surface area contributed by atoms with Crippen LogP contribution in [0, 0.1) is 0 Å². The molecular weight excluding hydrogens is 450 g/mol. The topological polar surface area (TPSA) is 113 Å². The minimum Gasteiger partial charge on any atom is -0.443 e. The molecular formula is C25H33N5O5. The number of hydrazine groups is 1. The quantitative estimate of drug-likeness (QED) is 0.629. The van der Waals surface area contributed by atoms with Crippen molar-refractivity contribution >= 4 is 23.8 Å². The molecule has 10 nitrogen and oxygen atoms in total. The maximum absolute atomic E-state index is 12.1. The van der Waals surface area contributed by atoms with Crippen LogP contribution in [0.25, 0.3) is 0 Å². The molecule has 1 aromatic heterocycles. The Hall–Kier alpha value is -3.82. The van der Waals surface area contributed by atoms with E-state index in [1.807, 2.05) is 35.4 Å². The van der Waals surface area contributed by atoms with E-state index in [0.717, 1.165) is 43.1 Å². The number of rotatable bonds is 5. The molecule has 3 rings (SSSR count). The van der Waals surface area contributed by atoms with Gasteiger partial charge in [0.05, 0.1) is 11.9 Å². The number of carbonyl (C=O) groups is 3. The average Bonchev–Trinajstić information content (AvgIpc) is 2.81. The molecule has 1 saturated heterocycles. The van der Waals surface area contributed by atoms with Gasteiger partial charge >= 0.3 is 12.2 Å². The number of piperazine rings is 1. The van der Waals surface area contributed by atoms with Gasteiger partial charge in [0, 0.05) is 38.8 Å². The Labute approximate surface area is 205 Å². The molecule has 1 fully saturated rings. The zero-order chi connectivity index (χ0) is 25.4. The van der Waals surface area contributed by atoms with E-state index in [-0.39, 0.29) is 5.91 Å². The lowest BCUT2D eigenvalue weighted by atomic mass is 10.1. The van der Waals surface area contributed by atoms with Gasteiger partial charge in [0.2, 0.25) is 5.91 Å². The Morgan fingerprint density at radius 3 is 2.26 bits per heavy atom. The molecule has 2 aromatic rings. The third kappa shape index (κ3) is 8.16. The van der Waals surface area contributed by atoms with E-state index in [9.17, 15) is 14.4 Å². The second-order valence-electron chi connectivity index (χ2n) is 9.25. The summed E-state index contributed by atoms with van der Waals surface area (Å²) in [5, 5.41) is 0. The van der Waals surface area contributed by atoms with E-state index in [0.29, 0.717) is 18.6 Å². The van der Waals surface area contributed by atoms with Crippen LogP contribution in [0.5, 0.6) is 5.75 Å². The van der Waals surface area contributed by atoms with Crippen molar-refractivity contribution in [3.05, 3.63) is 53.9 Å². The Morgan fingerprint density at radius 1 is 0.943 bits per heavy atom. The molecule has 1 aliphatic heterocycles. The summed E-state index contributed by atoms with van der Waals surface area (Å²) in [6.45, 7) is 9.78. The normalized spacial score (nSPS) is 13.7. The summed E-state index contributed by atoms with van der Waals surface area (Å²) >= 11 is 0. The molecule has 0 bridgehead atoms. The van der Waals surface area contributed by atoms with Crippen LogP contribution in [0.4, 0.5) is 15.3 Å². The van der Waals surface area contributed by atoms with Crippen molar-refractivity contribution < 1.29 is 23.9 Å². The van der Waals surface area contributed by atoms with Gasteiger partial charge in [0.15, 0.2) is 0 Å². The first-order valence-electron chi connectivity index (χ1n) is 11.6. The van der Waals surface area contributed by atoms with Gasteiger partial charge in [-0.2, -0.15) is 0 Å². The first-order valence-corrected chi connectivity index (χ1v) is 11.6. The van der Waals surface area contributed by atoms with Crippen molar-refractivity contribution in [2.24, 2.45) is 0 Å². The Kier molecular flexibility index (Phi) is 8.51. The number of anilines is 1. The highest BCUT2D eigenvalue weighted by Gasteiger charge is 2.19. The molecule has 1 aromatic carbocycles. The van der Waals surface area contributed by atoms with Gasteiger partial charge in [0.25, 0.3) is 0 Å². The van der Waals surface area contributed by atoms with Crippen LogP contribution in [-0.2, 0) is 22.4 Å². The number of para-hydroxylation sites is 1. The van der Waals surface area contributed by atoms with Crippen LogP contribution < -0.4 is 20.5 Å². The minimum atomic E-state index is -0.823. The van der Waals surface area contributed by atoms with Gasteiger partial charge < -0.3 is 19.3 Å². The first-order chi connectivity index (χ1) is 16.6. The van der Waals surface area contributed by atoms with Crippen LogP contribution in [0.2, 0.25) is 0 Å². The van der Waals surface area contributed by atoms with E-state index in [2.05, 4.69) is 20.7 Å². The SMILES string of the molecule is CC(=O)N1CCN(c2ccc(CCc3ccccc3OC(=O)NNC(=O)OC(C)(C)C)nc2)CC1. The number of nitrogens with one attached hydrogen (secondary N) is 2. The molecule has 3 amide bonds. The van der Waals surface area contributed by atoms with Crippen molar-refractivity contribution in [3.8, 4) is 5.75 Å². The Balaban J connectivity index is 1.50. The van der Waals surface area contributed by atoms with Crippen molar-refractivity contribution in [1.29, 1.82) is 0 Å². The van der Waals surface area contributed by atoms with E-state index >= 15 is 0 Å². The summed E-state index contributed by atoms with van der Waals surface area (Å²) in [6, 6.07) is 11.3. The smallest absolute Gasteiger partial charge is 0.431 e. The third-order valence-electron chi connectivity index (χ3n) is 5.39. The molecule has 1 aliphatic rings. The van der Waals surface area contributed by atoms with E-state index in [4.69, 9.17) is 9.47 Å². The van der Waals surface area contributed by atoms with Crippen molar-refractivity contribution in [2.45, 2.75) is 46.1 Å². The number of carbonyl (C=O) groups excluding carboxylic acids is 3. The van der Waals surface area contributed by atoms with E-state index < -0.39 is 17.8 Å². The standard InChI is InChI=1S/C25H33N5O5/c1-18(31)29-13-15-30(16-14-29)21-12-11-20(26-17-21)10-9-19-7-5-6-8-22(19)34-23(32)27-28-24(33)35-25(2,3)4/h5-8,11-12,17H,9-10,13-16H2,1-4H3,(H,27,32)(H,28,33). The molecule has 35 heavy (non-hydrogen) atoms. The number of aryl methyl sites for hydroxylation is 2. The predicted molar refractivity (Wildman–Crippen MR) is 131 cm³/mol. The molecule has 0 aliphatic carbocycles. The number of amides is 3. The lowest BCUT2D eigenvalue weighted by molar-refractivity contribution is -0.129. The number of aromatic nitrogens is 1. The summed E-state index contributed by atoms with van der Waals surface area (Å²) in [7, 11) is 0. The molecule has 0 unspecified atom stereocenters. The van der Waals surface area contributed by atoms with Crippen molar-refractivity contribution in [1.82, 2.24) is 20.7 Å². The summed E-state index contributed by atoms with van der Waals surface area (Å²) in [4.78, 5) is 44.0. The summed E-state index contributed by atoms with van der Waals surface area (Å²) in [5.41, 5.74) is 6.45. The van der Waals surface area contributed by atoms with E-state index in [1.54, 1.807) is 39.8 Å². The molecule has 0 saturated carbocycles. The number of benzene rings is 1. The number of ether oxygens (including phenoxy) is 2. The van der Waals surface area contributed by atoms with Crippen LogP contribution in [0.3, 0.4) is 0 Å². The summed E-state index contributed by atoms with van der Waals surface area (Å²) in [5.74, 6) is 0.509. The molecule has 0 spiro atoms. The lowest BCUT2D eigenvalue weighted by Crippen LogP contribution is -2.48. The van der Waals surface area contributed by atoms with Gasteiger partial charge in [-0.3, -0.25) is 9.78 Å². The largest absolute Gasteiger partial charge is 0.443 e. The lowest BCUT2D eigenvalue weighted by Gasteiger charge is -2.35.